The molecule has 0 aliphatic heterocycles. The number of hydrogen-bond donors (Lipinski definition) is 3. The molecule has 5 nitrogen and oxygen atoms in total. The van der Waals surface area contributed by atoms with Crippen molar-refractivity contribution >= 4 is 11.6 Å². The zero-order valence-corrected chi connectivity index (χ0v) is 9.41. The van der Waals surface area contributed by atoms with E-state index < -0.39 is 0 Å². The molecule has 0 spiro atoms. The standard InChI is InChI=1S/C10H18N4O/c1-7(2)12-10-6-9(11-4-5-15)13-8(3)14-10/h6-7,15H,4-5H2,1-3H3,(H2,11,12,13,14). The fourth-order valence-electron chi connectivity index (χ4n) is 1.21. The number of aryl methyl sites for hydroxylation is 1. The van der Waals surface area contributed by atoms with Crippen molar-refractivity contribution < 1.29 is 5.11 Å². The zero-order chi connectivity index (χ0) is 11.3. The average Bonchev–Trinajstić information content (AvgIpc) is 2.12. The summed E-state index contributed by atoms with van der Waals surface area (Å²) in [5.74, 6) is 2.25. The Hall–Kier alpha value is -1.36. The molecule has 0 aromatic carbocycles. The van der Waals surface area contributed by atoms with Crippen molar-refractivity contribution in [1.82, 2.24) is 9.97 Å². The number of aromatic nitrogens is 2. The van der Waals surface area contributed by atoms with E-state index in [4.69, 9.17) is 5.11 Å². The van der Waals surface area contributed by atoms with Gasteiger partial charge in [-0.1, -0.05) is 0 Å². The van der Waals surface area contributed by atoms with Gasteiger partial charge in [-0.25, -0.2) is 9.97 Å². The fraction of sp³-hybridized carbons (Fsp3) is 0.600. The van der Waals surface area contributed by atoms with Gasteiger partial charge in [0.1, 0.15) is 17.5 Å². The Morgan fingerprint density at radius 3 is 2.60 bits per heavy atom. The zero-order valence-electron chi connectivity index (χ0n) is 9.41. The predicted molar refractivity (Wildman–Crippen MR) is 61.1 cm³/mol. The average molecular weight is 210 g/mol. The van der Waals surface area contributed by atoms with Gasteiger partial charge in [0.05, 0.1) is 6.61 Å². The molecular weight excluding hydrogens is 192 g/mol. The Morgan fingerprint density at radius 1 is 1.33 bits per heavy atom. The highest BCUT2D eigenvalue weighted by atomic mass is 16.3. The molecule has 84 valence electrons. The van der Waals surface area contributed by atoms with Gasteiger partial charge in [-0.2, -0.15) is 0 Å². The van der Waals surface area contributed by atoms with Crippen molar-refractivity contribution in [3.8, 4) is 0 Å². The number of aliphatic hydroxyl groups excluding tert-OH is 1. The lowest BCUT2D eigenvalue weighted by Gasteiger charge is -2.11. The molecule has 0 aliphatic rings. The van der Waals surface area contributed by atoms with Crippen LogP contribution in [0.5, 0.6) is 0 Å². The Morgan fingerprint density at radius 2 is 2.00 bits per heavy atom. The van der Waals surface area contributed by atoms with Crippen LogP contribution in [0.15, 0.2) is 6.07 Å². The molecule has 1 aromatic heterocycles. The van der Waals surface area contributed by atoms with E-state index in [1.807, 2.05) is 13.0 Å². The van der Waals surface area contributed by atoms with Gasteiger partial charge < -0.3 is 15.7 Å². The van der Waals surface area contributed by atoms with Crippen LogP contribution in [0.25, 0.3) is 0 Å². The van der Waals surface area contributed by atoms with E-state index in [0.717, 1.165) is 11.6 Å². The second-order valence-corrected chi connectivity index (χ2v) is 3.64. The van der Waals surface area contributed by atoms with Crippen molar-refractivity contribution in [1.29, 1.82) is 0 Å². The molecule has 5 heteroatoms. The van der Waals surface area contributed by atoms with E-state index >= 15 is 0 Å². The summed E-state index contributed by atoms with van der Waals surface area (Å²) in [6.45, 7) is 6.54. The fourth-order valence-corrected chi connectivity index (χ4v) is 1.21. The van der Waals surface area contributed by atoms with Crippen molar-refractivity contribution in [3.05, 3.63) is 11.9 Å². The summed E-state index contributed by atoms with van der Waals surface area (Å²) >= 11 is 0. The van der Waals surface area contributed by atoms with Crippen LogP contribution in [0.2, 0.25) is 0 Å². The minimum Gasteiger partial charge on any atom is -0.395 e. The lowest BCUT2D eigenvalue weighted by atomic mass is 10.4. The van der Waals surface area contributed by atoms with Crippen LogP contribution in [0, 0.1) is 6.92 Å². The summed E-state index contributed by atoms with van der Waals surface area (Å²) in [4.78, 5) is 8.46. The third kappa shape index (κ3) is 4.12. The summed E-state index contributed by atoms with van der Waals surface area (Å²) in [6, 6.07) is 2.17. The van der Waals surface area contributed by atoms with E-state index in [1.165, 1.54) is 0 Å². The molecule has 3 N–H and O–H groups in total. The molecule has 0 saturated carbocycles. The highest BCUT2D eigenvalue weighted by molar-refractivity contribution is 5.47. The van der Waals surface area contributed by atoms with Gasteiger partial charge in [0.15, 0.2) is 0 Å². The molecule has 1 heterocycles. The minimum atomic E-state index is 0.0932. The normalized spacial score (nSPS) is 10.5. The van der Waals surface area contributed by atoms with Gasteiger partial charge >= 0.3 is 0 Å². The van der Waals surface area contributed by atoms with Crippen LogP contribution in [-0.4, -0.2) is 34.3 Å². The molecule has 0 aliphatic carbocycles. The second kappa shape index (κ2) is 5.50. The first-order chi connectivity index (χ1) is 7.11. The maximum absolute atomic E-state index is 8.69. The van der Waals surface area contributed by atoms with Gasteiger partial charge in [-0.15, -0.1) is 0 Å². The quantitative estimate of drug-likeness (QED) is 0.676. The molecule has 0 amide bonds. The largest absolute Gasteiger partial charge is 0.395 e. The van der Waals surface area contributed by atoms with Gasteiger partial charge in [0.25, 0.3) is 0 Å². The molecule has 1 rings (SSSR count). The van der Waals surface area contributed by atoms with Crippen molar-refractivity contribution in [2.24, 2.45) is 0 Å². The van der Waals surface area contributed by atoms with Crippen LogP contribution in [-0.2, 0) is 0 Å². The molecule has 0 fully saturated rings. The third-order valence-corrected chi connectivity index (χ3v) is 1.69. The predicted octanol–water partition coefficient (Wildman–Crippen LogP) is 1.01. The molecule has 15 heavy (non-hydrogen) atoms. The smallest absolute Gasteiger partial charge is 0.131 e. The molecule has 0 atom stereocenters. The number of nitrogens with zero attached hydrogens (tertiary/aromatic N) is 2. The molecule has 0 saturated heterocycles. The van der Waals surface area contributed by atoms with E-state index in [1.54, 1.807) is 0 Å². The Bertz CT molecular complexity index is 314. The highest BCUT2D eigenvalue weighted by Crippen LogP contribution is 2.11. The van der Waals surface area contributed by atoms with Gasteiger partial charge in [0.2, 0.25) is 0 Å². The highest BCUT2D eigenvalue weighted by Gasteiger charge is 2.02. The monoisotopic (exact) mass is 210 g/mol. The minimum absolute atomic E-state index is 0.0932. The number of nitrogens with one attached hydrogen (secondary N) is 2. The summed E-state index contributed by atoms with van der Waals surface area (Å²) in [7, 11) is 0. The van der Waals surface area contributed by atoms with Crippen LogP contribution in [0.3, 0.4) is 0 Å². The SMILES string of the molecule is Cc1nc(NCCO)cc(NC(C)C)n1. The van der Waals surface area contributed by atoms with Crippen molar-refractivity contribution in [3.63, 3.8) is 0 Å². The van der Waals surface area contributed by atoms with Gasteiger partial charge in [-0.05, 0) is 20.8 Å². The van der Waals surface area contributed by atoms with Gasteiger partial charge in [0, 0.05) is 18.7 Å². The Balaban J connectivity index is 2.75. The first kappa shape index (κ1) is 11.7. The van der Waals surface area contributed by atoms with Crippen LogP contribution in [0.1, 0.15) is 19.7 Å². The number of rotatable bonds is 5. The van der Waals surface area contributed by atoms with Crippen LogP contribution >= 0.6 is 0 Å². The lowest BCUT2D eigenvalue weighted by molar-refractivity contribution is 0.311. The summed E-state index contributed by atoms with van der Waals surface area (Å²) < 4.78 is 0. The van der Waals surface area contributed by atoms with Crippen LogP contribution in [0.4, 0.5) is 11.6 Å². The maximum atomic E-state index is 8.69. The maximum Gasteiger partial charge on any atom is 0.131 e. The first-order valence-electron chi connectivity index (χ1n) is 5.08. The summed E-state index contributed by atoms with van der Waals surface area (Å²) in [5, 5.41) is 14.9. The second-order valence-electron chi connectivity index (χ2n) is 3.64. The van der Waals surface area contributed by atoms with Crippen molar-refractivity contribution in [2.45, 2.75) is 26.8 Å². The van der Waals surface area contributed by atoms with E-state index in [9.17, 15) is 0 Å². The Kier molecular flexibility index (Phi) is 4.30. The van der Waals surface area contributed by atoms with E-state index in [-0.39, 0.29) is 6.61 Å². The Labute approximate surface area is 90.0 Å². The molecule has 0 bridgehead atoms. The molecule has 1 aromatic rings. The first-order valence-corrected chi connectivity index (χ1v) is 5.08. The topological polar surface area (TPSA) is 70.1 Å². The van der Waals surface area contributed by atoms with Gasteiger partial charge in [-0.3, -0.25) is 0 Å². The van der Waals surface area contributed by atoms with E-state index in [0.29, 0.717) is 18.4 Å². The van der Waals surface area contributed by atoms with E-state index in [2.05, 4.69) is 34.4 Å². The van der Waals surface area contributed by atoms with Crippen LogP contribution < -0.4 is 10.6 Å². The number of hydrogen-bond acceptors (Lipinski definition) is 5. The third-order valence-electron chi connectivity index (χ3n) is 1.69. The lowest BCUT2D eigenvalue weighted by Crippen LogP contribution is -2.13. The molecule has 0 unspecified atom stereocenters. The summed E-state index contributed by atoms with van der Waals surface area (Å²) in [5.41, 5.74) is 0. The summed E-state index contributed by atoms with van der Waals surface area (Å²) in [6.07, 6.45) is 0. The number of anilines is 2. The van der Waals surface area contributed by atoms with Crippen molar-refractivity contribution in [2.75, 3.05) is 23.8 Å². The molecular formula is C10H18N4O. The number of aliphatic hydroxyl groups is 1. The molecule has 0 radical (unpaired) electrons.